The molecule has 2 bridgehead atoms. The second-order valence-corrected chi connectivity index (χ2v) is 7.90. The van der Waals surface area contributed by atoms with Crippen LogP contribution in [-0.4, -0.2) is 35.8 Å². The predicted octanol–water partition coefficient (Wildman–Crippen LogP) is 2.80. The zero-order chi connectivity index (χ0) is 19.0. The second-order valence-electron chi connectivity index (χ2n) is 7.90. The number of ketones is 1. The van der Waals surface area contributed by atoms with Crippen LogP contribution in [0.4, 0.5) is 0 Å². The summed E-state index contributed by atoms with van der Waals surface area (Å²) < 4.78 is 4.83. The first-order chi connectivity index (χ1) is 12.3. The molecule has 6 nitrogen and oxygen atoms in total. The van der Waals surface area contributed by atoms with Crippen LogP contribution in [0.25, 0.3) is 0 Å². The van der Waals surface area contributed by atoms with E-state index in [0.29, 0.717) is 28.4 Å². The largest absolute Gasteiger partial charge is 0.465 e. The minimum absolute atomic E-state index is 0.0315. The molecule has 1 aromatic rings. The lowest BCUT2D eigenvalue weighted by Gasteiger charge is -2.28. The van der Waals surface area contributed by atoms with E-state index in [9.17, 15) is 14.4 Å². The van der Waals surface area contributed by atoms with Gasteiger partial charge in [-0.1, -0.05) is 6.42 Å². The molecule has 0 aliphatic heterocycles. The minimum atomic E-state index is -0.532. The lowest BCUT2D eigenvalue weighted by molar-refractivity contribution is -0.121. The fourth-order valence-electron chi connectivity index (χ4n) is 5.00. The maximum Gasteiger partial charge on any atom is 0.339 e. The molecule has 4 atom stereocenters. The molecule has 2 fully saturated rings. The highest BCUT2D eigenvalue weighted by atomic mass is 16.5. The molecular weight excluding hydrogens is 332 g/mol. The number of rotatable bonds is 6. The van der Waals surface area contributed by atoms with Gasteiger partial charge in [0, 0.05) is 18.7 Å². The maximum absolute atomic E-state index is 12.6. The number of ether oxygens (including phenoxy) is 1. The van der Waals surface area contributed by atoms with Crippen LogP contribution in [0.3, 0.4) is 0 Å². The van der Waals surface area contributed by atoms with E-state index in [1.807, 2.05) is 0 Å². The first-order valence-corrected chi connectivity index (χ1v) is 9.41. The normalized spacial score (nSPS) is 25.2. The van der Waals surface area contributed by atoms with Crippen molar-refractivity contribution in [2.75, 3.05) is 7.11 Å². The van der Waals surface area contributed by atoms with Crippen molar-refractivity contribution in [3.8, 4) is 0 Å². The van der Waals surface area contributed by atoms with Gasteiger partial charge in [-0.15, -0.1) is 0 Å². The number of carbonyl (C=O) groups is 3. The number of aromatic amines is 1. The fraction of sp³-hybridized carbons (Fsp3) is 0.650. The van der Waals surface area contributed by atoms with E-state index in [4.69, 9.17) is 4.74 Å². The van der Waals surface area contributed by atoms with Crippen molar-refractivity contribution >= 4 is 17.7 Å². The quantitative estimate of drug-likeness (QED) is 0.603. The minimum Gasteiger partial charge on any atom is -0.465 e. The van der Waals surface area contributed by atoms with Gasteiger partial charge in [0.2, 0.25) is 5.91 Å². The number of fused-ring (bicyclic) bond motifs is 2. The van der Waals surface area contributed by atoms with Crippen LogP contribution in [0.1, 0.15) is 71.6 Å². The van der Waals surface area contributed by atoms with Gasteiger partial charge >= 0.3 is 5.97 Å². The molecule has 3 rings (SSSR count). The molecule has 142 valence electrons. The van der Waals surface area contributed by atoms with Crippen LogP contribution < -0.4 is 5.32 Å². The van der Waals surface area contributed by atoms with Crippen LogP contribution in [0.2, 0.25) is 0 Å². The van der Waals surface area contributed by atoms with Crippen LogP contribution >= 0.6 is 0 Å². The van der Waals surface area contributed by atoms with Gasteiger partial charge in [0.05, 0.1) is 24.8 Å². The summed E-state index contributed by atoms with van der Waals surface area (Å²) in [5.74, 6) is 1.28. The van der Waals surface area contributed by atoms with Gasteiger partial charge in [0.25, 0.3) is 0 Å². The summed E-state index contributed by atoms with van der Waals surface area (Å²) >= 11 is 0. The Morgan fingerprint density at radius 2 is 2.00 bits per heavy atom. The van der Waals surface area contributed by atoms with Crippen molar-refractivity contribution in [3.05, 3.63) is 22.5 Å². The van der Waals surface area contributed by atoms with Gasteiger partial charge in [0.1, 0.15) is 0 Å². The lowest BCUT2D eigenvalue weighted by Crippen LogP contribution is -2.41. The Morgan fingerprint density at radius 1 is 1.27 bits per heavy atom. The standard InChI is InChI=1S/C20H28N2O4/c1-10-18(20(25)26-4)16(22-19(10)12(3)23)9-17(24)21-11(2)15-8-13-5-6-14(15)7-13/h11,13-15,22H,5-9H2,1-4H3,(H,21,24)/t11-,13+,14+,15-/m1/s1. The van der Waals surface area contributed by atoms with E-state index in [1.54, 1.807) is 6.92 Å². The van der Waals surface area contributed by atoms with Crippen LogP contribution in [0.15, 0.2) is 0 Å². The molecule has 2 aliphatic carbocycles. The fourth-order valence-corrected chi connectivity index (χ4v) is 5.00. The Labute approximate surface area is 154 Å². The van der Waals surface area contributed by atoms with Crippen LogP contribution in [0.5, 0.6) is 0 Å². The van der Waals surface area contributed by atoms with Crippen molar-refractivity contribution in [1.82, 2.24) is 10.3 Å². The number of Topliss-reactive ketones (excluding diaryl/α,β-unsaturated/α-hetero) is 1. The van der Waals surface area contributed by atoms with E-state index in [0.717, 1.165) is 11.8 Å². The summed E-state index contributed by atoms with van der Waals surface area (Å²) in [6.45, 7) is 5.20. The van der Waals surface area contributed by atoms with Crippen molar-refractivity contribution in [3.63, 3.8) is 0 Å². The van der Waals surface area contributed by atoms with Crippen molar-refractivity contribution in [1.29, 1.82) is 0 Å². The first kappa shape index (κ1) is 18.7. The van der Waals surface area contributed by atoms with Crippen LogP contribution in [0, 0.1) is 24.7 Å². The molecule has 0 saturated heterocycles. The summed E-state index contributed by atoms with van der Waals surface area (Å²) in [5.41, 5.74) is 1.63. The van der Waals surface area contributed by atoms with Gasteiger partial charge in [0.15, 0.2) is 5.78 Å². The molecule has 1 aromatic heterocycles. The topological polar surface area (TPSA) is 88.3 Å². The number of methoxy groups -OCH3 is 1. The molecular formula is C20H28N2O4. The maximum atomic E-state index is 12.6. The Kier molecular flexibility index (Phi) is 5.21. The smallest absolute Gasteiger partial charge is 0.339 e. The third kappa shape index (κ3) is 3.41. The average molecular weight is 360 g/mol. The summed E-state index contributed by atoms with van der Waals surface area (Å²) in [5, 5.41) is 3.10. The SMILES string of the molecule is COC(=O)c1c(CC(=O)N[C@H](C)[C@H]2C[C@H]3CC[C@H]2C3)[nH]c(C(C)=O)c1C. The zero-order valence-electron chi connectivity index (χ0n) is 16.0. The molecule has 2 saturated carbocycles. The highest BCUT2D eigenvalue weighted by Gasteiger charge is 2.42. The molecule has 1 amide bonds. The lowest BCUT2D eigenvalue weighted by atomic mass is 9.84. The molecule has 0 spiro atoms. The second kappa shape index (κ2) is 7.25. The van der Waals surface area contributed by atoms with Gasteiger partial charge in [-0.25, -0.2) is 4.79 Å². The van der Waals surface area contributed by atoms with Crippen molar-refractivity contribution < 1.29 is 19.1 Å². The number of nitrogens with one attached hydrogen (secondary N) is 2. The highest BCUT2D eigenvalue weighted by Crippen LogP contribution is 2.49. The van der Waals surface area contributed by atoms with E-state index < -0.39 is 5.97 Å². The summed E-state index contributed by atoms with van der Waals surface area (Å²) in [6, 6.07) is 0.128. The van der Waals surface area contributed by atoms with E-state index in [1.165, 1.54) is 39.7 Å². The zero-order valence-corrected chi connectivity index (χ0v) is 16.0. The third-order valence-electron chi connectivity index (χ3n) is 6.23. The third-order valence-corrected chi connectivity index (χ3v) is 6.23. The molecule has 1 heterocycles. The first-order valence-electron chi connectivity index (χ1n) is 9.41. The molecule has 0 radical (unpaired) electrons. The molecule has 26 heavy (non-hydrogen) atoms. The Morgan fingerprint density at radius 3 is 2.54 bits per heavy atom. The molecule has 2 N–H and O–H groups in total. The molecule has 6 heteroatoms. The number of hydrogen-bond acceptors (Lipinski definition) is 4. The Hall–Kier alpha value is -2.11. The van der Waals surface area contributed by atoms with Crippen molar-refractivity contribution in [2.45, 2.75) is 58.9 Å². The number of carbonyl (C=O) groups excluding carboxylic acids is 3. The summed E-state index contributed by atoms with van der Waals surface area (Å²) in [6.07, 6.45) is 5.15. The Bertz CT molecular complexity index is 736. The number of aromatic nitrogens is 1. The van der Waals surface area contributed by atoms with Crippen LogP contribution in [-0.2, 0) is 16.0 Å². The highest BCUT2D eigenvalue weighted by molar-refractivity contribution is 6.01. The van der Waals surface area contributed by atoms with Gasteiger partial charge in [-0.2, -0.15) is 0 Å². The molecule has 2 aliphatic rings. The van der Waals surface area contributed by atoms with Gasteiger partial charge in [-0.05, 0) is 56.4 Å². The number of esters is 1. The number of amides is 1. The monoisotopic (exact) mass is 360 g/mol. The summed E-state index contributed by atoms with van der Waals surface area (Å²) in [4.78, 5) is 39.4. The van der Waals surface area contributed by atoms with E-state index >= 15 is 0 Å². The number of H-pyrrole nitrogens is 1. The van der Waals surface area contributed by atoms with E-state index in [2.05, 4.69) is 17.2 Å². The molecule has 0 aromatic carbocycles. The van der Waals surface area contributed by atoms with E-state index in [-0.39, 0.29) is 24.2 Å². The summed E-state index contributed by atoms with van der Waals surface area (Å²) in [7, 11) is 1.29. The number of hydrogen-bond donors (Lipinski definition) is 2. The molecule has 0 unspecified atom stereocenters. The van der Waals surface area contributed by atoms with Crippen molar-refractivity contribution in [2.24, 2.45) is 17.8 Å². The predicted molar refractivity (Wildman–Crippen MR) is 97.1 cm³/mol. The van der Waals surface area contributed by atoms with Gasteiger partial charge in [-0.3, -0.25) is 9.59 Å². The Balaban J connectivity index is 1.71. The van der Waals surface area contributed by atoms with Gasteiger partial charge < -0.3 is 15.0 Å². The average Bonchev–Trinajstić information content (AvgIpc) is 3.28.